The number of hydrogen-bond donors (Lipinski definition) is 1. The molecule has 66 valence electrons. The van der Waals surface area contributed by atoms with Crippen LogP contribution in [-0.4, -0.2) is 10.9 Å². The van der Waals surface area contributed by atoms with Gasteiger partial charge in [-0.25, -0.2) is 0 Å². The highest BCUT2D eigenvalue weighted by Gasteiger charge is 2.13. The van der Waals surface area contributed by atoms with Crippen molar-refractivity contribution in [2.24, 2.45) is 0 Å². The van der Waals surface area contributed by atoms with Crippen LogP contribution in [0.25, 0.3) is 0 Å². The molecule has 0 radical (unpaired) electrons. The topological polar surface area (TPSA) is 61.1 Å². The van der Waals surface area contributed by atoms with E-state index in [9.17, 15) is 9.90 Å². The van der Waals surface area contributed by atoms with Gasteiger partial charge in [-0.3, -0.25) is 4.79 Å². The number of carbonyl (C=O) groups excluding carboxylic acids is 1. The van der Waals surface area contributed by atoms with Crippen molar-refractivity contribution < 1.29 is 9.90 Å². The van der Waals surface area contributed by atoms with Gasteiger partial charge in [0.05, 0.1) is 5.56 Å². The molecule has 0 bridgehead atoms. The highest BCUT2D eigenvalue weighted by Crippen LogP contribution is 2.28. The monoisotopic (exact) mass is 239 g/mol. The third-order valence-electron chi connectivity index (χ3n) is 1.62. The summed E-state index contributed by atoms with van der Waals surface area (Å²) >= 11 is 3.10. The van der Waals surface area contributed by atoms with E-state index in [0.717, 1.165) is 0 Å². The standard InChI is InChI=1S/C9H6BrNO2/c1-5(12)6-2-3-8(10)7(4-11)9(6)13/h2-3,13H,1H3. The number of hydrogen-bond acceptors (Lipinski definition) is 3. The number of rotatable bonds is 1. The van der Waals surface area contributed by atoms with Gasteiger partial charge in [-0.1, -0.05) is 0 Å². The van der Waals surface area contributed by atoms with Crippen LogP contribution in [0.2, 0.25) is 0 Å². The number of nitrogens with zero attached hydrogens (tertiary/aromatic N) is 1. The van der Waals surface area contributed by atoms with E-state index in [0.29, 0.717) is 4.47 Å². The van der Waals surface area contributed by atoms with Gasteiger partial charge in [0.2, 0.25) is 0 Å². The summed E-state index contributed by atoms with van der Waals surface area (Å²) in [5, 5.41) is 18.1. The smallest absolute Gasteiger partial charge is 0.163 e. The average Bonchev–Trinajstić information content (AvgIpc) is 2.04. The second-order valence-electron chi connectivity index (χ2n) is 2.49. The largest absolute Gasteiger partial charge is 0.506 e. The molecule has 1 rings (SSSR count). The zero-order chi connectivity index (χ0) is 10.0. The van der Waals surface area contributed by atoms with E-state index in [2.05, 4.69) is 15.9 Å². The molecule has 0 spiro atoms. The van der Waals surface area contributed by atoms with Crippen LogP contribution in [0.3, 0.4) is 0 Å². The van der Waals surface area contributed by atoms with Gasteiger partial charge in [0, 0.05) is 4.47 Å². The lowest BCUT2D eigenvalue weighted by Crippen LogP contribution is -1.94. The molecule has 0 amide bonds. The second kappa shape index (κ2) is 3.58. The fraction of sp³-hybridized carbons (Fsp3) is 0.111. The van der Waals surface area contributed by atoms with Crippen LogP contribution in [0.5, 0.6) is 5.75 Å². The van der Waals surface area contributed by atoms with E-state index < -0.39 is 0 Å². The fourth-order valence-electron chi connectivity index (χ4n) is 0.957. The zero-order valence-corrected chi connectivity index (χ0v) is 8.42. The normalized spacial score (nSPS) is 9.31. The van der Waals surface area contributed by atoms with Gasteiger partial charge >= 0.3 is 0 Å². The number of phenols is 1. The van der Waals surface area contributed by atoms with Gasteiger partial charge in [0.1, 0.15) is 17.4 Å². The van der Waals surface area contributed by atoms with Gasteiger partial charge in [-0.2, -0.15) is 5.26 Å². The molecule has 0 aliphatic carbocycles. The number of benzene rings is 1. The summed E-state index contributed by atoms with van der Waals surface area (Å²) in [6.07, 6.45) is 0. The summed E-state index contributed by atoms with van der Waals surface area (Å²) in [6, 6.07) is 4.85. The highest BCUT2D eigenvalue weighted by atomic mass is 79.9. The molecule has 0 atom stereocenters. The van der Waals surface area contributed by atoms with Crippen LogP contribution in [0.15, 0.2) is 16.6 Å². The zero-order valence-electron chi connectivity index (χ0n) is 6.84. The van der Waals surface area contributed by atoms with Crippen molar-refractivity contribution in [2.75, 3.05) is 0 Å². The van der Waals surface area contributed by atoms with Crippen molar-refractivity contribution in [1.82, 2.24) is 0 Å². The molecular formula is C9H6BrNO2. The Kier molecular flexibility index (Phi) is 2.69. The summed E-state index contributed by atoms with van der Waals surface area (Å²) < 4.78 is 0.484. The molecule has 0 heterocycles. The van der Waals surface area contributed by atoms with Crippen LogP contribution < -0.4 is 0 Å². The Hall–Kier alpha value is -1.34. The lowest BCUT2D eigenvalue weighted by Gasteiger charge is -2.03. The number of halogens is 1. The minimum absolute atomic E-state index is 0.0905. The average molecular weight is 240 g/mol. The minimum atomic E-state index is -0.262. The van der Waals surface area contributed by atoms with E-state index in [1.54, 1.807) is 6.07 Å². The maximum absolute atomic E-state index is 11.0. The van der Waals surface area contributed by atoms with Gasteiger partial charge in [-0.15, -0.1) is 0 Å². The molecule has 0 saturated carbocycles. The minimum Gasteiger partial charge on any atom is -0.506 e. The quantitative estimate of drug-likeness (QED) is 0.765. The number of aromatic hydroxyl groups is 1. The Bertz CT molecular complexity index is 407. The number of nitriles is 1. The number of Topliss-reactive ketones (excluding diaryl/α,β-unsaturated/α-hetero) is 1. The molecule has 1 aromatic carbocycles. The number of carbonyl (C=O) groups is 1. The first-order valence-corrected chi connectivity index (χ1v) is 4.29. The molecule has 0 aliphatic heterocycles. The summed E-state index contributed by atoms with van der Waals surface area (Å²) in [4.78, 5) is 11.0. The first kappa shape index (κ1) is 9.75. The molecule has 3 nitrogen and oxygen atoms in total. The molecule has 0 aromatic heterocycles. The molecule has 1 N–H and O–H groups in total. The second-order valence-corrected chi connectivity index (χ2v) is 3.34. The Morgan fingerprint density at radius 3 is 2.69 bits per heavy atom. The summed E-state index contributed by atoms with van der Waals surface area (Å²) in [5.41, 5.74) is 0.257. The molecule has 1 aromatic rings. The van der Waals surface area contributed by atoms with Crippen LogP contribution >= 0.6 is 15.9 Å². The summed E-state index contributed by atoms with van der Waals surface area (Å²) in [5.74, 6) is -0.522. The van der Waals surface area contributed by atoms with Crippen LogP contribution in [0, 0.1) is 11.3 Å². The predicted octanol–water partition coefficient (Wildman–Crippen LogP) is 2.23. The fourth-order valence-corrected chi connectivity index (χ4v) is 1.37. The molecular weight excluding hydrogens is 234 g/mol. The lowest BCUT2D eigenvalue weighted by atomic mass is 10.1. The van der Waals surface area contributed by atoms with Crippen molar-refractivity contribution >= 4 is 21.7 Å². The summed E-state index contributed by atoms with van der Waals surface area (Å²) in [6.45, 7) is 1.34. The van der Waals surface area contributed by atoms with E-state index >= 15 is 0 Å². The lowest BCUT2D eigenvalue weighted by molar-refractivity contribution is 0.101. The van der Waals surface area contributed by atoms with Crippen molar-refractivity contribution in [3.8, 4) is 11.8 Å². The highest BCUT2D eigenvalue weighted by molar-refractivity contribution is 9.10. The van der Waals surface area contributed by atoms with Crippen LogP contribution in [0.4, 0.5) is 0 Å². The molecule has 4 heteroatoms. The van der Waals surface area contributed by atoms with E-state index in [-0.39, 0.29) is 22.7 Å². The summed E-state index contributed by atoms with van der Waals surface area (Å²) in [7, 11) is 0. The van der Waals surface area contributed by atoms with Crippen molar-refractivity contribution in [3.63, 3.8) is 0 Å². The molecule has 13 heavy (non-hydrogen) atoms. The third kappa shape index (κ3) is 1.70. The molecule has 0 aliphatic rings. The molecule has 0 fully saturated rings. The predicted molar refractivity (Wildman–Crippen MR) is 50.5 cm³/mol. The Morgan fingerprint density at radius 2 is 2.23 bits per heavy atom. The van der Waals surface area contributed by atoms with Gasteiger partial charge in [0.15, 0.2) is 5.78 Å². The van der Waals surface area contributed by atoms with E-state index in [1.165, 1.54) is 13.0 Å². The van der Waals surface area contributed by atoms with Gasteiger partial charge in [-0.05, 0) is 35.0 Å². The first-order chi connectivity index (χ1) is 6.07. The number of phenolic OH excluding ortho intramolecular Hbond substituents is 1. The van der Waals surface area contributed by atoms with Crippen LogP contribution in [0.1, 0.15) is 22.8 Å². The van der Waals surface area contributed by atoms with E-state index in [4.69, 9.17) is 5.26 Å². The maximum Gasteiger partial charge on any atom is 0.163 e. The Labute approximate surface area is 83.7 Å². The molecule has 0 saturated heterocycles. The van der Waals surface area contributed by atoms with E-state index in [1.807, 2.05) is 6.07 Å². The number of ketones is 1. The Morgan fingerprint density at radius 1 is 1.62 bits per heavy atom. The third-order valence-corrected chi connectivity index (χ3v) is 2.28. The molecule has 0 unspecified atom stereocenters. The maximum atomic E-state index is 11.0. The van der Waals surface area contributed by atoms with Crippen molar-refractivity contribution in [3.05, 3.63) is 27.7 Å². The van der Waals surface area contributed by atoms with Crippen molar-refractivity contribution in [2.45, 2.75) is 6.92 Å². The van der Waals surface area contributed by atoms with Gasteiger partial charge in [0.25, 0.3) is 0 Å². The van der Waals surface area contributed by atoms with Gasteiger partial charge < -0.3 is 5.11 Å². The SMILES string of the molecule is CC(=O)c1ccc(Br)c(C#N)c1O. The van der Waals surface area contributed by atoms with Crippen LogP contribution in [-0.2, 0) is 0 Å². The Balaban J connectivity index is 3.47. The first-order valence-electron chi connectivity index (χ1n) is 3.50. The van der Waals surface area contributed by atoms with Crippen molar-refractivity contribution in [1.29, 1.82) is 5.26 Å².